The van der Waals surface area contributed by atoms with Crippen LogP contribution in [0.25, 0.3) is 0 Å². The van der Waals surface area contributed by atoms with Crippen LogP contribution in [0, 0.1) is 0 Å². The van der Waals surface area contributed by atoms with Crippen molar-refractivity contribution in [3.63, 3.8) is 0 Å². The van der Waals surface area contributed by atoms with Crippen LogP contribution < -0.4 is 15.4 Å². The summed E-state index contributed by atoms with van der Waals surface area (Å²) in [5.74, 6) is -1.69. The van der Waals surface area contributed by atoms with E-state index in [1.807, 2.05) is 0 Å². The van der Waals surface area contributed by atoms with Crippen molar-refractivity contribution in [2.75, 3.05) is 0 Å². The molecule has 2 bridgehead atoms. The largest absolute Gasteiger partial charge is 0.469 e. The highest BCUT2D eigenvalue weighted by molar-refractivity contribution is 5.94. The van der Waals surface area contributed by atoms with Gasteiger partial charge in [0, 0.05) is 23.7 Å². The number of aromatic nitrogens is 1. The maximum atomic E-state index is 12.4. The van der Waals surface area contributed by atoms with Crippen LogP contribution in [0.15, 0.2) is 34.9 Å². The van der Waals surface area contributed by atoms with Crippen molar-refractivity contribution < 1.29 is 27.1 Å². The monoisotopic (exact) mass is 367 g/mol. The van der Waals surface area contributed by atoms with Crippen LogP contribution in [0.2, 0.25) is 0 Å². The summed E-state index contributed by atoms with van der Waals surface area (Å²) in [6.45, 7) is 0. The highest BCUT2D eigenvalue weighted by atomic mass is 19.4. The number of fused-ring (bicyclic) bond motifs is 2. The van der Waals surface area contributed by atoms with Crippen molar-refractivity contribution >= 4 is 5.91 Å². The van der Waals surface area contributed by atoms with Gasteiger partial charge >= 0.3 is 18.0 Å². The molecule has 3 heterocycles. The molecule has 26 heavy (non-hydrogen) atoms. The van der Waals surface area contributed by atoms with E-state index in [-0.39, 0.29) is 23.6 Å². The van der Waals surface area contributed by atoms with Gasteiger partial charge in [0.05, 0.1) is 0 Å². The van der Waals surface area contributed by atoms with Crippen LogP contribution in [-0.4, -0.2) is 29.0 Å². The molecule has 3 atom stereocenters. The Hall–Kier alpha value is -2.55. The maximum Gasteiger partial charge on any atom is 0.469 e. The lowest BCUT2D eigenvalue weighted by Crippen LogP contribution is -2.42. The van der Waals surface area contributed by atoms with Crippen LogP contribution in [0.1, 0.15) is 35.5 Å². The zero-order valence-electron chi connectivity index (χ0n) is 13.5. The number of hydrogen-bond donors (Lipinski definition) is 2. The smallest absolute Gasteiger partial charge is 0.425 e. The van der Waals surface area contributed by atoms with Crippen molar-refractivity contribution in [2.45, 2.75) is 43.6 Å². The van der Waals surface area contributed by atoms with Gasteiger partial charge in [0.25, 0.3) is 5.91 Å². The Morgan fingerprint density at radius 2 is 2.04 bits per heavy atom. The molecule has 1 aromatic carbocycles. The summed E-state index contributed by atoms with van der Waals surface area (Å²) in [5.41, 5.74) is 0.452. The number of carbonyl (C=O) groups is 1. The number of alkyl halides is 3. The minimum absolute atomic E-state index is 0.132. The second-order valence-corrected chi connectivity index (χ2v) is 6.47. The Morgan fingerprint density at radius 1 is 1.27 bits per heavy atom. The van der Waals surface area contributed by atoms with E-state index in [2.05, 4.69) is 20.0 Å². The lowest BCUT2D eigenvalue weighted by atomic mass is 9.95. The Kier molecular flexibility index (Phi) is 4.10. The van der Waals surface area contributed by atoms with Crippen LogP contribution in [0.4, 0.5) is 13.2 Å². The fourth-order valence-corrected chi connectivity index (χ4v) is 3.46. The highest BCUT2D eigenvalue weighted by Crippen LogP contribution is 2.32. The van der Waals surface area contributed by atoms with Crippen LogP contribution in [0.3, 0.4) is 0 Å². The molecule has 2 aliphatic heterocycles. The molecule has 138 valence electrons. The topological polar surface area (TPSA) is 76.4 Å². The summed E-state index contributed by atoms with van der Waals surface area (Å²) in [6.07, 6.45) is -0.658. The normalized spacial score (nSPS) is 24.7. The maximum absolute atomic E-state index is 12.4. The number of nitrogens with one attached hydrogen (secondary N) is 2. The van der Waals surface area contributed by atoms with Gasteiger partial charge in [-0.05, 0) is 43.5 Å². The average Bonchev–Trinajstić information content (AvgIpc) is 3.31. The minimum Gasteiger partial charge on any atom is -0.425 e. The number of amides is 1. The number of halogens is 3. The Balaban J connectivity index is 1.37. The second kappa shape index (κ2) is 6.31. The SMILES string of the molecule is O=C(N[C@@H]1C[C@H]2CC[C@@H]1N2)c1ccc(Oc2cnc(C(F)(F)F)o2)cc1. The van der Waals surface area contributed by atoms with Gasteiger partial charge in [-0.3, -0.25) is 4.79 Å². The van der Waals surface area contributed by atoms with Crippen molar-refractivity contribution in [2.24, 2.45) is 0 Å². The van der Waals surface area contributed by atoms with Gasteiger partial charge in [-0.25, -0.2) is 4.98 Å². The number of ether oxygens (including phenoxy) is 1. The lowest BCUT2D eigenvalue weighted by molar-refractivity contribution is -0.157. The number of nitrogens with zero attached hydrogens (tertiary/aromatic N) is 1. The van der Waals surface area contributed by atoms with E-state index >= 15 is 0 Å². The Labute approximate surface area is 146 Å². The molecular formula is C17H16F3N3O3. The summed E-state index contributed by atoms with van der Waals surface area (Å²) in [6, 6.07) is 7.03. The summed E-state index contributed by atoms with van der Waals surface area (Å²) in [7, 11) is 0. The zero-order valence-corrected chi connectivity index (χ0v) is 13.5. The van der Waals surface area contributed by atoms with Gasteiger partial charge in [0.15, 0.2) is 0 Å². The number of benzene rings is 1. The first-order valence-electron chi connectivity index (χ1n) is 8.26. The van der Waals surface area contributed by atoms with Gasteiger partial charge in [-0.2, -0.15) is 13.2 Å². The van der Waals surface area contributed by atoms with E-state index in [4.69, 9.17) is 4.74 Å². The van der Waals surface area contributed by atoms with Gasteiger partial charge in [0.1, 0.15) is 11.9 Å². The predicted octanol–water partition coefficient (Wildman–Crippen LogP) is 3.11. The van der Waals surface area contributed by atoms with Crippen molar-refractivity contribution in [1.82, 2.24) is 15.6 Å². The number of hydrogen-bond acceptors (Lipinski definition) is 5. The summed E-state index contributed by atoms with van der Waals surface area (Å²) in [5, 5.41) is 6.47. The molecular weight excluding hydrogens is 351 g/mol. The predicted molar refractivity (Wildman–Crippen MR) is 83.8 cm³/mol. The van der Waals surface area contributed by atoms with Gasteiger partial charge in [0.2, 0.25) is 0 Å². The van der Waals surface area contributed by atoms with Gasteiger partial charge < -0.3 is 19.8 Å². The van der Waals surface area contributed by atoms with E-state index in [9.17, 15) is 18.0 Å². The molecule has 2 aliphatic rings. The van der Waals surface area contributed by atoms with Crippen molar-refractivity contribution in [3.05, 3.63) is 41.9 Å². The van der Waals surface area contributed by atoms with E-state index < -0.39 is 12.1 Å². The van der Waals surface area contributed by atoms with Crippen molar-refractivity contribution in [3.8, 4) is 11.7 Å². The molecule has 0 saturated carbocycles. The minimum atomic E-state index is -4.67. The molecule has 9 heteroatoms. The quantitative estimate of drug-likeness (QED) is 0.868. The first-order valence-corrected chi connectivity index (χ1v) is 8.26. The molecule has 2 saturated heterocycles. The third-order valence-corrected chi connectivity index (χ3v) is 4.68. The van der Waals surface area contributed by atoms with E-state index in [0.717, 1.165) is 25.5 Å². The van der Waals surface area contributed by atoms with Crippen LogP contribution in [-0.2, 0) is 6.18 Å². The van der Waals surface area contributed by atoms with E-state index in [0.29, 0.717) is 17.6 Å². The summed E-state index contributed by atoms with van der Waals surface area (Å²) >= 11 is 0. The molecule has 2 fully saturated rings. The van der Waals surface area contributed by atoms with Crippen LogP contribution in [0.5, 0.6) is 11.7 Å². The molecule has 0 aliphatic carbocycles. The molecule has 2 N–H and O–H groups in total. The molecule has 2 aromatic rings. The highest BCUT2D eigenvalue weighted by Gasteiger charge is 2.40. The average molecular weight is 367 g/mol. The molecule has 0 unspecified atom stereocenters. The third kappa shape index (κ3) is 3.39. The Bertz CT molecular complexity index is 804. The lowest BCUT2D eigenvalue weighted by Gasteiger charge is -2.21. The molecule has 4 rings (SSSR count). The fraction of sp³-hybridized carbons (Fsp3) is 0.412. The van der Waals surface area contributed by atoms with E-state index in [1.165, 1.54) is 12.1 Å². The zero-order chi connectivity index (χ0) is 18.3. The van der Waals surface area contributed by atoms with Gasteiger partial charge in [-0.1, -0.05) is 0 Å². The standard InChI is InChI=1S/C17H16F3N3O3/c18-17(19,20)16-21-8-14(26-16)25-11-4-1-9(2-5-11)15(24)23-13-7-10-3-6-12(13)22-10/h1-2,4-5,8,10,12-13,22H,3,6-7H2,(H,23,24)/t10-,12+,13-/m1/s1. The molecule has 0 spiro atoms. The molecule has 1 amide bonds. The number of carbonyl (C=O) groups excluding carboxylic acids is 1. The molecule has 6 nitrogen and oxygen atoms in total. The van der Waals surface area contributed by atoms with E-state index in [1.54, 1.807) is 12.1 Å². The summed E-state index contributed by atoms with van der Waals surface area (Å²) in [4.78, 5) is 15.4. The Morgan fingerprint density at radius 3 is 2.62 bits per heavy atom. The summed E-state index contributed by atoms with van der Waals surface area (Å²) < 4.78 is 47.0. The molecule has 0 radical (unpaired) electrons. The van der Waals surface area contributed by atoms with Gasteiger partial charge in [-0.15, -0.1) is 0 Å². The fourth-order valence-electron chi connectivity index (χ4n) is 3.46. The van der Waals surface area contributed by atoms with Crippen LogP contribution >= 0.6 is 0 Å². The first-order chi connectivity index (χ1) is 12.4. The number of oxazole rings is 1. The third-order valence-electron chi connectivity index (χ3n) is 4.68. The molecule has 1 aromatic heterocycles. The van der Waals surface area contributed by atoms with Crippen molar-refractivity contribution in [1.29, 1.82) is 0 Å². The first kappa shape index (κ1) is 16.9. The second-order valence-electron chi connectivity index (χ2n) is 6.47. The number of rotatable bonds is 4.